The molecule has 0 bridgehead atoms. The van der Waals surface area contributed by atoms with Gasteiger partial charge in [-0.1, -0.05) is 75.4 Å². The van der Waals surface area contributed by atoms with E-state index in [1.165, 1.54) is 11.1 Å². The number of unbranched alkanes of at least 4 members (excludes halogenated alkanes) is 1. The Morgan fingerprint density at radius 1 is 0.792 bits per heavy atom. The maximum atomic E-state index is 12.4. The monoisotopic (exact) mass is 740 g/mol. The molecule has 0 aliphatic heterocycles. The zero-order chi connectivity index (χ0) is 39.2. The Bertz CT molecular complexity index is 1500. The summed E-state index contributed by atoms with van der Waals surface area (Å²) in [6.07, 6.45) is 3.44. The van der Waals surface area contributed by atoms with Crippen LogP contribution < -0.4 is 9.47 Å². The molecule has 0 atom stereocenters. The number of ether oxygens (including phenoxy) is 2. The number of carbonyl (C=O) groups is 2. The highest BCUT2D eigenvalue weighted by molar-refractivity contribution is 5.75. The summed E-state index contributed by atoms with van der Waals surface area (Å²) in [5.74, 6) is 2.40. The molecule has 3 N–H and O–H groups in total. The largest absolute Gasteiger partial charge is 0.493 e. The summed E-state index contributed by atoms with van der Waals surface area (Å²) in [7, 11) is 0. The van der Waals surface area contributed by atoms with Crippen molar-refractivity contribution in [1.29, 1.82) is 0 Å². The van der Waals surface area contributed by atoms with Gasteiger partial charge in [-0.3, -0.25) is 4.79 Å². The molecule has 7 nitrogen and oxygen atoms in total. The van der Waals surface area contributed by atoms with Crippen LogP contribution in [-0.4, -0.2) is 61.2 Å². The molecule has 0 heterocycles. The maximum Gasteiger partial charge on any atom is 0.389 e. The summed E-state index contributed by atoms with van der Waals surface area (Å²) >= 11 is 0. The summed E-state index contributed by atoms with van der Waals surface area (Å²) < 4.78 is 49.4. The lowest BCUT2D eigenvalue weighted by Crippen LogP contribution is -2.14. The van der Waals surface area contributed by atoms with Crippen molar-refractivity contribution in [2.24, 2.45) is 5.92 Å². The van der Waals surface area contributed by atoms with Crippen LogP contribution in [0.4, 0.5) is 13.2 Å². The maximum absolute atomic E-state index is 12.4. The van der Waals surface area contributed by atoms with E-state index in [1.54, 1.807) is 0 Å². The zero-order valence-electron chi connectivity index (χ0n) is 30.8. The zero-order valence-corrected chi connectivity index (χ0v) is 30.8. The fourth-order valence-corrected chi connectivity index (χ4v) is 6.52. The normalized spacial score (nSPS) is 15.2. The van der Waals surface area contributed by atoms with Gasteiger partial charge < -0.3 is 29.6 Å². The van der Waals surface area contributed by atoms with Gasteiger partial charge in [-0.2, -0.15) is 13.2 Å². The molecule has 1 saturated carbocycles. The first-order valence-corrected chi connectivity index (χ1v) is 18.1. The number of hydrogen-bond donors (Lipinski definition) is 3. The van der Waals surface area contributed by atoms with Crippen LogP contribution in [-0.2, 0) is 16.0 Å². The Morgan fingerprint density at radius 3 is 1.81 bits per heavy atom. The van der Waals surface area contributed by atoms with Crippen LogP contribution in [0.25, 0.3) is 22.3 Å². The molecular formula is C43H55F3O7. The third-order valence-electron chi connectivity index (χ3n) is 9.46. The summed E-state index contributed by atoms with van der Waals surface area (Å²) in [6.45, 7) is 12.2. The standard InChI is InChI=1S/C41H51F3O4.CH2O2.CH2O/c1-4-32-23-36(35-14-12-34(13-15-35)33-10-8-31(9-11-33)7-5-6-20-41(42,43)44)16-17-40(32)37-24-38(47-21-18-29(2)27-45)26-39(25-37)48-22-19-30(3)28-46;2-1-3;1-2/h12-17,23-26,31,33,45-46H,2-11,18-22,27-28H2,1H3;1H,(H,2,3);1H2. The number of benzene rings is 3. The number of hydrogen-bond acceptors (Lipinski definition) is 6. The van der Waals surface area contributed by atoms with E-state index in [1.807, 2.05) is 25.0 Å². The summed E-state index contributed by atoms with van der Waals surface area (Å²) in [5.41, 5.74) is 8.37. The third kappa shape index (κ3) is 16.0. The lowest BCUT2D eigenvalue weighted by molar-refractivity contribution is -0.135. The SMILES string of the molecule is C=C(CO)CCOc1cc(OCCC(=C)CO)cc(-c2ccc(-c3ccc(C4CCC(CCCCC(F)(F)F)CC4)cc3)cc2CC)c1.C=O.O=CO. The van der Waals surface area contributed by atoms with Crippen LogP contribution >= 0.6 is 0 Å². The van der Waals surface area contributed by atoms with Crippen LogP contribution in [0, 0.1) is 5.92 Å². The molecule has 1 aliphatic rings. The van der Waals surface area contributed by atoms with Gasteiger partial charge in [-0.25, -0.2) is 0 Å². The van der Waals surface area contributed by atoms with E-state index in [2.05, 4.69) is 62.5 Å². The molecule has 53 heavy (non-hydrogen) atoms. The van der Waals surface area contributed by atoms with Crippen LogP contribution in [0.2, 0.25) is 0 Å². The predicted molar refractivity (Wildman–Crippen MR) is 204 cm³/mol. The highest BCUT2D eigenvalue weighted by Gasteiger charge is 2.27. The number of carboxylic acid groups (broad SMARTS) is 1. The minimum Gasteiger partial charge on any atom is -0.493 e. The number of rotatable bonds is 18. The van der Waals surface area contributed by atoms with Crippen LogP contribution in [0.15, 0.2) is 85.0 Å². The Hall–Kier alpha value is -4.41. The fraction of sp³-hybridized carbons (Fsp3) is 0.442. The number of aryl methyl sites for hydroxylation is 1. The second kappa shape index (κ2) is 24.0. The van der Waals surface area contributed by atoms with Crippen LogP contribution in [0.5, 0.6) is 11.5 Å². The number of alkyl halides is 3. The van der Waals surface area contributed by atoms with Crippen LogP contribution in [0.3, 0.4) is 0 Å². The van der Waals surface area contributed by atoms with E-state index in [-0.39, 0.29) is 26.1 Å². The van der Waals surface area contributed by atoms with Crippen molar-refractivity contribution in [3.63, 3.8) is 0 Å². The lowest BCUT2D eigenvalue weighted by Gasteiger charge is -2.29. The molecule has 3 aromatic rings. The van der Waals surface area contributed by atoms with Gasteiger partial charge in [0.15, 0.2) is 0 Å². The third-order valence-corrected chi connectivity index (χ3v) is 9.46. The van der Waals surface area contributed by atoms with Crippen molar-refractivity contribution >= 4 is 13.3 Å². The van der Waals surface area contributed by atoms with Gasteiger partial charge in [0.2, 0.25) is 0 Å². The van der Waals surface area contributed by atoms with Crippen LogP contribution in [0.1, 0.15) is 88.2 Å². The van der Waals surface area contributed by atoms with E-state index < -0.39 is 12.6 Å². The van der Waals surface area contributed by atoms with Gasteiger partial charge in [0.1, 0.15) is 18.3 Å². The van der Waals surface area contributed by atoms with Gasteiger partial charge in [-0.05, 0) is 107 Å². The Labute approximate surface area is 312 Å². The van der Waals surface area contributed by atoms with E-state index in [4.69, 9.17) is 24.2 Å². The minimum atomic E-state index is -4.04. The minimum absolute atomic E-state index is 0.0677. The van der Waals surface area contributed by atoms with Crippen molar-refractivity contribution in [3.05, 3.63) is 96.1 Å². The van der Waals surface area contributed by atoms with Crippen molar-refractivity contribution in [3.8, 4) is 33.8 Å². The summed E-state index contributed by atoms with van der Waals surface area (Å²) in [5, 5.41) is 25.5. The quantitative estimate of drug-likeness (QED) is 0.0676. The molecule has 0 unspecified atom stereocenters. The fourth-order valence-electron chi connectivity index (χ4n) is 6.52. The predicted octanol–water partition coefficient (Wildman–Crippen LogP) is 10.1. The van der Waals surface area contributed by atoms with Crippen molar-refractivity contribution in [2.75, 3.05) is 26.4 Å². The smallest absolute Gasteiger partial charge is 0.389 e. The second-order valence-corrected chi connectivity index (χ2v) is 13.2. The van der Waals surface area contributed by atoms with Gasteiger partial charge >= 0.3 is 6.18 Å². The van der Waals surface area contributed by atoms with E-state index >= 15 is 0 Å². The highest BCUT2D eigenvalue weighted by Crippen LogP contribution is 2.39. The Morgan fingerprint density at radius 2 is 1.32 bits per heavy atom. The molecule has 10 heteroatoms. The molecule has 290 valence electrons. The van der Waals surface area contributed by atoms with Gasteiger partial charge in [0.25, 0.3) is 6.47 Å². The van der Waals surface area contributed by atoms with Gasteiger partial charge in [0.05, 0.1) is 26.4 Å². The summed E-state index contributed by atoms with van der Waals surface area (Å²) in [6, 6.07) is 21.3. The van der Waals surface area contributed by atoms with Crippen molar-refractivity contribution in [1.82, 2.24) is 0 Å². The Balaban J connectivity index is 0.00000185. The highest BCUT2D eigenvalue weighted by atomic mass is 19.4. The molecule has 0 radical (unpaired) electrons. The molecule has 0 spiro atoms. The first kappa shape index (κ1) is 44.7. The number of aliphatic hydroxyl groups is 2. The lowest BCUT2D eigenvalue weighted by atomic mass is 9.77. The molecule has 1 fully saturated rings. The molecule has 4 rings (SSSR count). The molecule has 0 saturated heterocycles. The molecule has 0 amide bonds. The second-order valence-electron chi connectivity index (χ2n) is 13.2. The van der Waals surface area contributed by atoms with Gasteiger partial charge in [0, 0.05) is 25.3 Å². The molecule has 3 aromatic carbocycles. The topological polar surface area (TPSA) is 113 Å². The first-order chi connectivity index (χ1) is 25.5. The average molecular weight is 741 g/mol. The molecular weight excluding hydrogens is 685 g/mol. The van der Waals surface area contributed by atoms with E-state index in [0.29, 0.717) is 67.0 Å². The van der Waals surface area contributed by atoms with E-state index in [0.717, 1.165) is 60.8 Å². The number of carbonyl (C=O) groups excluding carboxylic acids is 1. The average Bonchev–Trinajstić information content (AvgIpc) is 3.17. The van der Waals surface area contributed by atoms with Crippen molar-refractivity contribution in [2.45, 2.75) is 89.6 Å². The van der Waals surface area contributed by atoms with Gasteiger partial charge in [-0.15, -0.1) is 0 Å². The number of aliphatic hydroxyl groups excluding tert-OH is 2. The molecule has 0 aromatic heterocycles. The van der Waals surface area contributed by atoms with Crippen molar-refractivity contribution < 1.29 is 47.6 Å². The molecule has 1 aliphatic carbocycles. The first-order valence-electron chi connectivity index (χ1n) is 18.1. The van der Waals surface area contributed by atoms with E-state index in [9.17, 15) is 23.4 Å². The number of halogens is 3. The summed E-state index contributed by atoms with van der Waals surface area (Å²) in [4.78, 5) is 16.4. The Kier molecular flexibility index (Phi) is 20.3.